The second-order valence-corrected chi connectivity index (χ2v) is 4.82. The molecule has 20 heavy (non-hydrogen) atoms. The molecule has 0 bridgehead atoms. The quantitative estimate of drug-likeness (QED) is 0.480. The van der Waals surface area contributed by atoms with Crippen molar-refractivity contribution >= 4 is 11.4 Å². The van der Waals surface area contributed by atoms with Gasteiger partial charge in [-0.1, -0.05) is 0 Å². The van der Waals surface area contributed by atoms with Gasteiger partial charge in [-0.2, -0.15) is 0 Å². The summed E-state index contributed by atoms with van der Waals surface area (Å²) in [6, 6.07) is 1.70. The van der Waals surface area contributed by atoms with E-state index in [9.17, 15) is 10.1 Å². The predicted octanol–water partition coefficient (Wildman–Crippen LogP) is 1.32. The molecule has 7 heteroatoms. The van der Waals surface area contributed by atoms with E-state index in [-0.39, 0.29) is 16.7 Å². The number of nitro groups is 1. The van der Waals surface area contributed by atoms with Gasteiger partial charge in [-0.05, 0) is 31.9 Å². The van der Waals surface area contributed by atoms with Gasteiger partial charge < -0.3 is 15.4 Å². The van der Waals surface area contributed by atoms with Gasteiger partial charge in [0.25, 0.3) is 0 Å². The number of anilines is 1. The smallest absolute Gasteiger partial charge is 0.310 e. The largest absolute Gasteiger partial charge is 0.378 e. The average molecular weight is 280 g/mol. The summed E-state index contributed by atoms with van der Waals surface area (Å²) in [6.45, 7) is 2.86. The summed E-state index contributed by atoms with van der Waals surface area (Å²) in [6.07, 6.45) is 5.76. The second-order valence-electron chi connectivity index (χ2n) is 4.82. The number of rotatable bonds is 6. The molecule has 2 N–H and O–H groups in total. The SMILES string of the molecule is NCCCOC1CCN(c2ccncc2[N+](=O)[O-])CC1. The van der Waals surface area contributed by atoms with E-state index in [2.05, 4.69) is 4.98 Å². The van der Waals surface area contributed by atoms with Crippen LogP contribution in [0.4, 0.5) is 11.4 Å². The maximum absolute atomic E-state index is 11.0. The lowest BCUT2D eigenvalue weighted by atomic mass is 10.1. The number of piperidine rings is 1. The Kier molecular flexibility index (Phi) is 5.25. The highest BCUT2D eigenvalue weighted by Crippen LogP contribution is 2.29. The van der Waals surface area contributed by atoms with E-state index >= 15 is 0 Å². The molecule has 0 spiro atoms. The Balaban J connectivity index is 1.92. The van der Waals surface area contributed by atoms with Crippen LogP contribution in [0.5, 0.6) is 0 Å². The van der Waals surface area contributed by atoms with Crippen LogP contribution in [0, 0.1) is 10.1 Å². The summed E-state index contributed by atoms with van der Waals surface area (Å²) < 4.78 is 5.73. The van der Waals surface area contributed by atoms with Gasteiger partial charge in [0.1, 0.15) is 11.9 Å². The summed E-state index contributed by atoms with van der Waals surface area (Å²) in [5.41, 5.74) is 6.14. The summed E-state index contributed by atoms with van der Waals surface area (Å²) in [7, 11) is 0. The highest BCUT2D eigenvalue weighted by molar-refractivity contribution is 5.61. The zero-order valence-electron chi connectivity index (χ0n) is 11.4. The summed E-state index contributed by atoms with van der Waals surface area (Å²) in [5.74, 6) is 0. The van der Waals surface area contributed by atoms with Gasteiger partial charge in [-0.25, -0.2) is 0 Å². The van der Waals surface area contributed by atoms with Crippen LogP contribution in [-0.4, -0.2) is 42.3 Å². The van der Waals surface area contributed by atoms with Crippen molar-refractivity contribution in [3.05, 3.63) is 28.6 Å². The highest BCUT2D eigenvalue weighted by atomic mass is 16.6. The molecule has 0 saturated carbocycles. The third kappa shape index (κ3) is 3.64. The Bertz CT molecular complexity index is 447. The van der Waals surface area contributed by atoms with Crippen molar-refractivity contribution in [2.24, 2.45) is 5.73 Å². The van der Waals surface area contributed by atoms with Crippen LogP contribution in [0.15, 0.2) is 18.5 Å². The van der Waals surface area contributed by atoms with Crippen molar-refractivity contribution in [1.29, 1.82) is 0 Å². The van der Waals surface area contributed by atoms with E-state index in [0.29, 0.717) is 18.8 Å². The van der Waals surface area contributed by atoms with Gasteiger partial charge in [0.2, 0.25) is 0 Å². The second kappa shape index (κ2) is 7.16. The van der Waals surface area contributed by atoms with Gasteiger partial charge in [-0.3, -0.25) is 15.1 Å². The van der Waals surface area contributed by atoms with E-state index in [0.717, 1.165) is 32.4 Å². The molecule has 1 fully saturated rings. The molecule has 0 atom stereocenters. The standard InChI is InChI=1S/C13H20N4O3/c14-5-1-9-20-11-3-7-16(8-4-11)12-2-6-15-10-13(12)17(18)19/h2,6,10-11H,1,3-5,7-9,14H2. The van der Waals surface area contributed by atoms with E-state index < -0.39 is 0 Å². The minimum absolute atomic E-state index is 0.0648. The monoisotopic (exact) mass is 280 g/mol. The molecule has 1 saturated heterocycles. The lowest BCUT2D eigenvalue weighted by Crippen LogP contribution is -2.37. The first-order valence-corrected chi connectivity index (χ1v) is 6.87. The van der Waals surface area contributed by atoms with E-state index in [1.807, 2.05) is 4.90 Å². The number of nitrogens with zero attached hydrogens (tertiary/aromatic N) is 3. The van der Waals surface area contributed by atoms with Gasteiger partial charge in [-0.15, -0.1) is 0 Å². The predicted molar refractivity (Wildman–Crippen MR) is 75.7 cm³/mol. The molecule has 1 aliphatic heterocycles. The molecule has 2 rings (SSSR count). The zero-order valence-corrected chi connectivity index (χ0v) is 11.4. The number of hydrogen-bond donors (Lipinski definition) is 1. The zero-order chi connectivity index (χ0) is 14.4. The molecule has 0 amide bonds. The summed E-state index contributed by atoms with van der Waals surface area (Å²) in [5, 5.41) is 11.0. The highest BCUT2D eigenvalue weighted by Gasteiger charge is 2.24. The first-order valence-electron chi connectivity index (χ1n) is 6.87. The third-order valence-corrected chi connectivity index (χ3v) is 3.46. The topological polar surface area (TPSA) is 94.5 Å². The fraction of sp³-hybridized carbons (Fsp3) is 0.615. The van der Waals surface area contributed by atoms with Crippen molar-refractivity contribution in [2.75, 3.05) is 31.1 Å². The lowest BCUT2D eigenvalue weighted by molar-refractivity contribution is -0.384. The molecule has 1 aliphatic rings. The molecule has 0 aliphatic carbocycles. The fourth-order valence-corrected chi connectivity index (χ4v) is 2.38. The number of nitrogens with two attached hydrogens (primary N) is 1. The Morgan fingerprint density at radius 1 is 1.50 bits per heavy atom. The van der Waals surface area contributed by atoms with Gasteiger partial charge >= 0.3 is 5.69 Å². The van der Waals surface area contributed by atoms with Crippen LogP contribution in [0.3, 0.4) is 0 Å². The van der Waals surface area contributed by atoms with E-state index in [4.69, 9.17) is 10.5 Å². The fourth-order valence-electron chi connectivity index (χ4n) is 2.38. The van der Waals surface area contributed by atoms with E-state index in [1.54, 1.807) is 12.3 Å². The maximum atomic E-state index is 11.0. The molecule has 1 aromatic rings. The van der Waals surface area contributed by atoms with Gasteiger partial charge in [0, 0.05) is 25.9 Å². The Hall–Kier alpha value is -1.73. The molecular weight excluding hydrogens is 260 g/mol. The van der Waals surface area contributed by atoms with Crippen LogP contribution in [0.25, 0.3) is 0 Å². The van der Waals surface area contributed by atoms with Crippen LogP contribution in [0.1, 0.15) is 19.3 Å². The molecule has 110 valence electrons. The first kappa shape index (κ1) is 14.7. The molecule has 0 radical (unpaired) electrons. The summed E-state index contributed by atoms with van der Waals surface area (Å²) >= 11 is 0. The first-order chi connectivity index (χ1) is 9.72. The molecule has 0 unspecified atom stereocenters. The lowest BCUT2D eigenvalue weighted by Gasteiger charge is -2.33. The van der Waals surface area contributed by atoms with Crippen molar-refractivity contribution in [1.82, 2.24) is 4.98 Å². The average Bonchev–Trinajstić information content (AvgIpc) is 2.48. The normalized spacial score (nSPS) is 16.4. The number of aromatic nitrogens is 1. The van der Waals surface area contributed by atoms with Crippen molar-refractivity contribution < 1.29 is 9.66 Å². The number of pyridine rings is 1. The minimum atomic E-state index is -0.383. The van der Waals surface area contributed by atoms with Crippen LogP contribution < -0.4 is 10.6 Å². The van der Waals surface area contributed by atoms with Crippen molar-refractivity contribution in [2.45, 2.75) is 25.4 Å². The molecule has 7 nitrogen and oxygen atoms in total. The molecular formula is C13H20N4O3. The molecule has 1 aromatic heterocycles. The third-order valence-electron chi connectivity index (χ3n) is 3.46. The Labute approximate surface area is 117 Å². The van der Waals surface area contributed by atoms with Gasteiger partial charge in [0.15, 0.2) is 0 Å². The Morgan fingerprint density at radius 2 is 2.25 bits per heavy atom. The van der Waals surface area contributed by atoms with Crippen molar-refractivity contribution in [3.63, 3.8) is 0 Å². The van der Waals surface area contributed by atoms with Gasteiger partial charge in [0.05, 0.1) is 11.0 Å². The van der Waals surface area contributed by atoms with Crippen molar-refractivity contribution in [3.8, 4) is 0 Å². The number of hydrogen-bond acceptors (Lipinski definition) is 6. The number of ether oxygens (including phenoxy) is 1. The maximum Gasteiger partial charge on any atom is 0.310 e. The van der Waals surface area contributed by atoms with E-state index in [1.165, 1.54) is 6.20 Å². The molecule has 0 aromatic carbocycles. The summed E-state index contributed by atoms with van der Waals surface area (Å²) in [4.78, 5) is 16.5. The molecule has 2 heterocycles. The van der Waals surface area contributed by atoms with Crippen LogP contribution in [-0.2, 0) is 4.74 Å². The van der Waals surface area contributed by atoms with Crippen LogP contribution in [0.2, 0.25) is 0 Å². The Morgan fingerprint density at radius 3 is 2.90 bits per heavy atom. The minimum Gasteiger partial charge on any atom is -0.378 e. The van der Waals surface area contributed by atoms with Crippen LogP contribution >= 0.6 is 0 Å².